The van der Waals surface area contributed by atoms with Crippen molar-refractivity contribution < 1.29 is 9.59 Å². The molecule has 0 bridgehead atoms. The van der Waals surface area contributed by atoms with Crippen molar-refractivity contribution in [2.24, 2.45) is 0 Å². The van der Waals surface area contributed by atoms with Crippen LogP contribution in [-0.4, -0.2) is 25.4 Å². The number of aryl methyl sites for hydroxylation is 2. The first-order valence-corrected chi connectivity index (χ1v) is 8.39. The van der Waals surface area contributed by atoms with E-state index in [0.717, 1.165) is 34.6 Å². The number of amides is 2. The normalized spacial score (nSPS) is 10.2. The molecule has 5 nitrogen and oxygen atoms in total. The molecule has 2 aromatic carbocycles. The largest absolute Gasteiger partial charge is 0.376 e. The van der Waals surface area contributed by atoms with Gasteiger partial charge in [-0.15, -0.1) is 0 Å². The molecule has 0 fully saturated rings. The van der Waals surface area contributed by atoms with Crippen molar-refractivity contribution in [3.63, 3.8) is 0 Å². The lowest BCUT2D eigenvalue weighted by Crippen LogP contribution is -2.23. The molecule has 2 aromatic rings. The Bertz CT molecular complexity index is 754. The number of nitrogens with zero attached hydrogens (tertiary/aromatic N) is 1. The number of carbonyl (C=O) groups excluding carboxylic acids is 2. The third kappa shape index (κ3) is 4.83. The van der Waals surface area contributed by atoms with Crippen LogP contribution < -0.4 is 15.5 Å². The van der Waals surface area contributed by atoms with Gasteiger partial charge in [0, 0.05) is 31.0 Å². The van der Waals surface area contributed by atoms with E-state index >= 15 is 0 Å². The van der Waals surface area contributed by atoms with Crippen LogP contribution in [0.4, 0.5) is 17.1 Å². The van der Waals surface area contributed by atoms with Crippen molar-refractivity contribution in [1.82, 2.24) is 0 Å². The van der Waals surface area contributed by atoms with Gasteiger partial charge in [-0.25, -0.2) is 0 Å². The average Bonchev–Trinajstić information content (AvgIpc) is 2.61. The molecule has 0 saturated carbocycles. The fourth-order valence-electron chi connectivity index (χ4n) is 2.55. The highest BCUT2D eigenvalue weighted by Gasteiger charge is 2.09. The zero-order valence-electron chi connectivity index (χ0n) is 15.2. The lowest BCUT2D eigenvalue weighted by atomic mass is 10.1. The topological polar surface area (TPSA) is 61.4 Å². The van der Waals surface area contributed by atoms with E-state index in [1.54, 1.807) is 11.9 Å². The second-order valence-electron chi connectivity index (χ2n) is 5.99. The van der Waals surface area contributed by atoms with Crippen molar-refractivity contribution in [3.8, 4) is 0 Å². The number of para-hydroxylation sites is 1. The van der Waals surface area contributed by atoms with Crippen molar-refractivity contribution >= 4 is 28.9 Å². The van der Waals surface area contributed by atoms with Gasteiger partial charge < -0.3 is 15.5 Å². The van der Waals surface area contributed by atoms with Crippen molar-refractivity contribution in [2.45, 2.75) is 27.2 Å². The Balaban J connectivity index is 1.95. The predicted molar refractivity (Wildman–Crippen MR) is 103 cm³/mol. The van der Waals surface area contributed by atoms with E-state index in [1.165, 1.54) is 6.92 Å². The highest BCUT2D eigenvalue weighted by Crippen LogP contribution is 2.21. The van der Waals surface area contributed by atoms with E-state index in [1.807, 2.05) is 49.4 Å². The second kappa shape index (κ2) is 8.33. The van der Waals surface area contributed by atoms with Gasteiger partial charge in [-0.3, -0.25) is 9.59 Å². The molecule has 0 spiro atoms. The van der Waals surface area contributed by atoms with Crippen LogP contribution in [0.15, 0.2) is 42.5 Å². The molecule has 25 heavy (non-hydrogen) atoms. The number of rotatable bonds is 6. The van der Waals surface area contributed by atoms with Crippen LogP contribution in [0, 0.1) is 6.92 Å². The number of carbonyl (C=O) groups is 2. The Kier molecular flexibility index (Phi) is 6.17. The van der Waals surface area contributed by atoms with Crippen LogP contribution >= 0.6 is 0 Å². The minimum absolute atomic E-state index is 0.0231. The molecule has 0 aliphatic rings. The Hall–Kier alpha value is -2.82. The smallest absolute Gasteiger partial charge is 0.243 e. The summed E-state index contributed by atoms with van der Waals surface area (Å²) in [7, 11) is 1.73. The summed E-state index contributed by atoms with van der Waals surface area (Å²) in [5.74, 6) is -0.112. The van der Waals surface area contributed by atoms with Crippen LogP contribution in [0.5, 0.6) is 0 Å². The summed E-state index contributed by atoms with van der Waals surface area (Å²) in [4.78, 5) is 25.2. The zero-order chi connectivity index (χ0) is 18.4. The molecule has 2 N–H and O–H groups in total. The van der Waals surface area contributed by atoms with Crippen LogP contribution in [-0.2, 0) is 16.0 Å². The van der Waals surface area contributed by atoms with Gasteiger partial charge >= 0.3 is 0 Å². The zero-order valence-corrected chi connectivity index (χ0v) is 15.2. The molecule has 2 rings (SSSR count). The Labute approximate surface area is 149 Å². The molecule has 2 amide bonds. The summed E-state index contributed by atoms with van der Waals surface area (Å²) in [6, 6.07) is 13.4. The van der Waals surface area contributed by atoms with Gasteiger partial charge in [-0.1, -0.05) is 25.1 Å². The summed E-state index contributed by atoms with van der Waals surface area (Å²) in [5.41, 5.74) is 4.73. The molecular weight excluding hydrogens is 314 g/mol. The van der Waals surface area contributed by atoms with Crippen molar-refractivity contribution in [1.29, 1.82) is 0 Å². The van der Waals surface area contributed by atoms with Gasteiger partial charge in [-0.2, -0.15) is 0 Å². The Morgan fingerprint density at radius 2 is 1.76 bits per heavy atom. The first-order valence-electron chi connectivity index (χ1n) is 8.39. The van der Waals surface area contributed by atoms with Crippen LogP contribution in [0.3, 0.4) is 0 Å². The van der Waals surface area contributed by atoms with E-state index in [9.17, 15) is 9.59 Å². The fourth-order valence-corrected chi connectivity index (χ4v) is 2.55. The highest BCUT2D eigenvalue weighted by molar-refractivity contribution is 5.95. The molecule has 5 heteroatoms. The Morgan fingerprint density at radius 3 is 2.36 bits per heavy atom. The molecule has 0 aliphatic heterocycles. The van der Waals surface area contributed by atoms with Crippen LogP contribution in [0.2, 0.25) is 0 Å². The van der Waals surface area contributed by atoms with Gasteiger partial charge in [0.1, 0.15) is 0 Å². The SMILES string of the molecule is CCc1cccc(C)c1NC(=O)CNc1ccc(N(C)C(C)=O)cc1. The number of hydrogen-bond donors (Lipinski definition) is 2. The van der Waals surface area contributed by atoms with Gasteiger partial charge in [0.2, 0.25) is 11.8 Å². The van der Waals surface area contributed by atoms with Crippen molar-refractivity contribution in [2.75, 3.05) is 29.1 Å². The molecule has 0 saturated heterocycles. The second-order valence-corrected chi connectivity index (χ2v) is 5.99. The van der Waals surface area contributed by atoms with Crippen LogP contribution in [0.25, 0.3) is 0 Å². The van der Waals surface area contributed by atoms with Gasteiger partial charge in [-0.05, 0) is 48.7 Å². The Morgan fingerprint density at radius 1 is 1.08 bits per heavy atom. The minimum Gasteiger partial charge on any atom is -0.376 e. The molecule has 0 aliphatic carbocycles. The number of nitrogens with one attached hydrogen (secondary N) is 2. The summed E-state index contributed by atoms with van der Waals surface area (Å²) < 4.78 is 0. The van der Waals surface area contributed by atoms with Crippen molar-refractivity contribution in [3.05, 3.63) is 53.6 Å². The minimum atomic E-state index is -0.0890. The molecule has 132 valence electrons. The number of anilines is 3. The van der Waals surface area contributed by atoms with Gasteiger partial charge in [0.25, 0.3) is 0 Å². The number of benzene rings is 2. The summed E-state index contributed by atoms with van der Waals surface area (Å²) in [6.07, 6.45) is 0.871. The monoisotopic (exact) mass is 339 g/mol. The van der Waals surface area contributed by atoms with E-state index in [-0.39, 0.29) is 18.4 Å². The fraction of sp³-hybridized carbons (Fsp3) is 0.300. The highest BCUT2D eigenvalue weighted by atomic mass is 16.2. The van der Waals surface area contributed by atoms with Gasteiger partial charge in [0.05, 0.1) is 6.54 Å². The van der Waals surface area contributed by atoms with Gasteiger partial charge in [0.15, 0.2) is 0 Å². The maximum absolute atomic E-state index is 12.2. The third-order valence-corrected chi connectivity index (χ3v) is 4.18. The average molecular weight is 339 g/mol. The summed E-state index contributed by atoms with van der Waals surface area (Å²) in [5, 5.41) is 6.09. The molecule has 0 radical (unpaired) electrons. The molecular formula is C20H25N3O2. The van der Waals surface area contributed by atoms with E-state index < -0.39 is 0 Å². The first-order chi connectivity index (χ1) is 11.9. The van der Waals surface area contributed by atoms with E-state index in [0.29, 0.717) is 0 Å². The molecule has 0 aromatic heterocycles. The quantitative estimate of drug-likeness (QED) is 0.845. The predicted octanol–water partition coefficient (Wildman–Crippen LogP) is 3.59. The molecule has 0 heterocycles. The summed E-state index contributed by atoms with van der Waals surface area (Å²) in [6.45, 7) is 5.76. The molecule has 0 atom stereocenters. The lowest BCUT2D eigenvalue weighted by molar-refractivity contribution is -0.116. The molecule has 0 unspecified atom stereocenters. The van der Waals surface area contributed by atoms with Crippen LogP contribution in [0.1, 0.15) is 25.0 Å². The number of hydrogen-bond acceptors (Lipinski definition) is 3. The lowest BCUT2D eigenvalue weighted by Gasteiger charge is -2.16. The summed E-state index contributed by atoms with van der Waals surface area (Å²) >= 11 is 0. The standard InChI is InChI=1S/C20H25N3O2/c1-5-16-8-6-7-14(2)20(16)22-19(25)13-21-17-9-11-18(12-10-17)23(4)15(3)24/h6-12,21H,5,13H2,1-4H3,(H,22,25). The maximum Gasteiger partial charge on any atom is 0.243 e. The third-order valence-electron chi connectivity index (χ3n) is 4.18. The van der Waals surface area contributed by atoms with E-state index in [2.05, 4.69) is 17.6 Å². The maximum atomic E-state index is 12.2. The van der Waals surface area contributed by atoms with E-state index in [4.69, 9.17) is 0 Å². The first kappa shape index (κ1) is 18.5.